The van der Waals surface area contributed by atoms with E-state index in [2.05, 4.69) is 54.3 Å². The van der Waals surface area contributed by atoms with Crippen molar-refractivity contribution in [1.82, 2.24) is 4.57 Å². The summed E-state index contributed by atoms with van der Waals surface area (Å²) in [7, 11) is 3.75. The highest BCUT2D eigenvalue weighted by molar-refractivity contribution is 5.59. The maximum absolute atomic E-state index is 5.43. The van der Waals surface area contributed by atoms with Crippen LogP contribution in [0.15, 0.2) is 30.6 Å². The minimum atomic E-state index is 0.827. The van der Waals surface area contributed by atoms with Gasteiger partial charge < -0.3 is 14.6 Å². The Labute approximate surface area is 108 Å². The number of aromatic nitrogens is 1. The van der Waals surface area contributed by atoms with Crippen LogP contribution in [0.2, 0.25) is 0 Å². The summed E-state index contributed by atoms with van der Waals surface area (Å²) in [4.78, 5) is 0. The Morgan fingerprint density at radius 1 is 1.22 bits per heavy atom. The normalized spacial score (nSPS) is 10.4. The van der Waals surface area contributed by atoms with E-state index in [4.69, 9.17) is 4.74 Å². The molecule has 1 heterocycles. The fraction of sp³-hybridized carbons (Fsp3) is 0.333. The van der Waals surface area contributed by atoms with Gasteiger partial charge in [0.05, 0.1) is 7.11 Å². The molecular formula is C15H20N2O. The standard InChI is InChI=1S/C15H20N2O/c1-11-5-6-14(12(2)15(11)18-4)16-9-13-7-8-17(3)10-13/h5-8,10,16H,9H2,1-4H3. The summed E-state index contributed by atoms with van der Waals surface area (Å²) in [6.45, 7) is 4.97. The van der Waals surface area contributed by atoms with Gasteiger partial charge in [0.25, 0.3) is 0 Å². The third-order valence-corrected chi connectivity index (χ3v) is 3.18. The van der Waals surface area contributed by atoms with Gasteiger partial charge in [-0.1, -0.05) is 6.07 Å². The lowest BCUT2D eigenvalue weighted by atomic mass is 10.1. The number of nitrogens with one attached hydrogen (secondary N) is 1. The van der Waals surface area contributed by atoms with Crippen molar-refractivity contribution in [3.63, 3.8) is 0 Å². The van der Waals surface area contributed by atoms with Gasteiger partial charge in [-0.25, -0.2) is 0 Å². The maximum Gasteiger partial charge on any atom is 0.126 e. The fourth-order valence-corrected chi connectivity index (χ4v) is 2.20. The summed E-state index contributed by atoms with van der Waals surface area (Å²) >= 11 is 0. The number of aryl methyl sites for hydroxylation is 2. The second-order valence-electron chi connectivity index (χ2n) is 4.63. The number of benzene rings is 1. The first-order valence-corrected chi connectivity index (χ1v) is 6.10. The minimum Gasteiger partial charge on any atom is -0.496 e. The molecule has 1 N–H and O–H groups in total. The molecule has 2 rings (SSSR count). The van der Waals surface area contributed by atoms with Crippen molar-refractivity contribution < 1.29 is 4.74 Å². The summed E-state index contributed by atoms with van der Waals surface area (Å²) in [5, 5.41) is 3.45. The SMILES string of the molecule is COc1c(C)ccc(NCc2ccn(C)c2)c1C. The van der Waals surface area contributed by atoms with Crippen LogP contribution in [0, 0.1) is 13.8 Å². The van der Waals surface area contributed by atoms with Crippen LogP contribution < -0.4 is 10.1 Å². The fourth-order valence-electron chi connectivity index (χ4n) is 2.20. The van der Waals surface area contributed by atoms with Crippen molar-refractivity contribution in [2.45, 2.75) is 20.4 Å². The van der Waals surface area contributed by atoms with Crippen molar-refractivity contribution in [3.8, 4) is 5.75 Å². The molecule has 1 aromatic carbocycles. The number of ether oxygens (including phenoxy) is 1. The number of hydrogen-bond acceptors (Lipinski definition) is 2. The predicted molar refractivity (Wildman–Crippen MR) is 75.2 cm³/mol. The first kappa shape index (κ1) is 12.6. The van der Waals surface area contributed by atoms with Gasteiger partial charge >= 0.3 is 0 Å². The highest BCUT2D eigenvalue weighted by Crippen LogP contribution is 2.29. The number of methoxy groups -OCH3 is 1. The van der Waals surface area contributed by atoms with Gasteiger partial charge in [0, 0.05) is 37.2 Å². The van der Waals surface area contributed by atoms with Crippen molar-refractivity contribution in [3.05, 3.63) is 47.3 Å². The molecule has 0 atom stereocenters. The molecule has 1 aromatic heterocycles. The van der Waals surface area contributed by atoms with Crippen LogP contribution in [-0.2, 0) is 13.6 Å². The Morgan fingerprint density at radius 2 is 2.00 bits per heavy atom. The Balaban J connectivity index is 2.14. The third-order valence-electron chi connectivity index (χ3n) is 3.18. The van der Waals surface area contributed by atoms with E-state index in [-0.39, 0.29) is 0 Å². The van der Waals surface area contributed by atoms with E-state index in [1.165, 1.54) is 11.1 Å². The summed E-state index contributed by atoms with van der Waals surface area (Å²) in [5.41, 5.74) is 4.73. The molecule has 0 radical (unpaired) electrons. The lowest BCUT2D eigenvalue weighted by Crippen LogP contribution is -2.02. The van der Waals surface area contributed by atoms with E-state index in [0.717, 1.165) is 23.5 Å². The predicted octanol–water partition coefficient (Wildman–Crippen LogP) is 3.26. The molecule has 0 fully saturated rings. The van der Waals surface area contributed by atoms with Crippen LogP contribution in [0.4, 0.5) is 5.69 Å². The van der Waals surface area contributed by atoms with Gasteiger partial charge in [0.1, 0.15) is 5.75 Å². The highest BCUT2D eigenvalue weighted by Gasteiger charge is 2.07. The molecule has 0 unspecified atom stereocenters. The van der Waals surface area contributed by atoms with Crippen LogP contribution in [-0.4, -0.2) is 11.7 Å². The molecule has 0 spiro atoms. The molecule has 0 amide bonds. The Morgan fingerprint density at radius 3 is 2.61 bits per heavy atom. The molecule has 2 aromatic rings. The van der Waals surface area contributed by atoms with Gasteiger partial charge in [-0.2, -0.15) is 0 Å². The van der Waals surface area contributed by atoms with E-state index >= 15 is 0 Å². The second kappa shape index (κ2) is 5.17. The van der Waals surface area contributed by atoms with E-state index < -0.39 is 0 Å². The maximum atomic E-state index is 5.43. The zero-order valence-electron chi connectivity index (χ0n) is 11.4. The quantitative estimate of drug-likeness (QED) is 0.893. The first-order valence-electron chi connectivity index (χ1n) is 6.10. The van der Waals surface area contributed by atoms with Crippen molar-refractivity contribution in [2.24, 2.45) is 7.05 Å². The molecule has 3 heteroatoms. The van der Waals surface area contributed by atoms with Crippen LogP contribution in [0.5, 0.6) is 5.75 Å². The van der Waals surface area contributed by atoms with E-state index in [0.29, 0.717) is 0 Å². The number of rotatable bonds is 4. The Kier molecular flexibility index (Phi) is 3.60. The molecule has 0 saturated heterocycles. The van der Waals surface area contributed by atoms with E-state index in [1.54, 1.807) is 7.11 Å². The van der Waals surface area contributed by atoms with E-state index in [1.807, 2.05) is 7.05 Å². The van der Waals surface area contributed by atoms with Crippen molar-refractivity contribution in [1.29, 1.82) is 0 Å². The Bertz CT molecular complexity index is 543. The number of hydrogen-bond donors (Lipinski definition) is 1. The molecule has 0 aliphatic carbocycles. The Hall–Kier alpha value is -1.90. The lowest BCUT2D eigenvalue weighted by molar-refractivity contribution is 0.409. The zero-order chi connectivity index (χ0) is 13.1. The van der Waals surface area contributed by atoms with Crippen LogP contribution in [0.3, 0.4) is 0 Å². The smallest absolute Gasteiger partial charge is 0.126 e. The topological polar surface area (TPSA) is 26.2 Å². The molecule has 0 aliphatic heterocycles. The van der Waals surface area contributed by atoms with Gasteiger partial charge in [-0.15, -0.1) is 0 Å². The van der Waals surface area contributed by atoms with Crippen molar-refractivity contribution in [2.75, 3.05) is 12.4 Å². The average Bonchev–Trinajstić information content (AvgIpc) is 2.75. The minimum absolute atomic E-state index is 0.827. The number of anilines is 1. The largest absolute Gasteiger partial charge is 0.496 e. The summed E-state index contributed by atoms with van der Waals surface area (Å²) < 4.78 is 7.48. The molecule has 3 nitrogen and oxygen atoms in total. The highest BCUT2D eigenvalue weighted by atomic mass is 16.5. The monoisotopic (exact) mass is 244 g/mol. The van der Waals surface area contributed by atoms with Gasteiger partial charge in [0.15, 0.2) is 0 Å². The molecule has 0 bridgehead atoms. The van der Waals surface area contributed by atoms with Gasteiger partial charge in [-0.3, -0.25) is 0 Å². The van der Waals surface area contributed by atoms with Crippen LogP contribution in [0.25, 0.3) is 0 Å². The average molecular weight is 244 g/mol. The number of nitrogens with zero attached hydrogens (tertiary/aromatic N) is 1. The third kappa shape index (κ3) is 2.50. The molecular weight excluding hydrogens is 224 g/mol. The van der Waals surface area contributed by atoms with E-state index in [9.17, 15) is 0 Å². The summed E-state index contributed by atoms with van der Waals surface area (Å²) in [6, 6.07) is 6.31. The second-order valence-corrected chi connectivity index (χ2v) is 4.63. The van der Waals surface area contributed by atoms with Crippen LogP contribution >= 0.6 is 0 Å². The lowest BCUT2D eigenvalue weighted by Gasteiger charge is -2.14. The summed E-state index contributed by atoms with van der Waals surface area (Å²) in [5.74, 6) is 0.966. The van der Waals surface area contributed by atoms with Gasteiger partial charge in [-0.05, 0) is 37.1 Å². The molecule has 0 saturated carbocycles. The molecule has 18 heavy (non-hydrogen) atoms. The zero-order valence-corrected chi connectivity index (χ0v) is 11.4. The van der Waals surface area contributed by atoms with Crippen molar-refractivity contribution >= 4 is 5.69 Å². The van der Waals surface area contributed by atoms with Gasteiger partial charge in [0.2, 0.25) is 0 Å². The summed E-state index contributed by atoms with van der Waals surface area (Å²) in [6.07, 6.45) is 4.17. The first-order chi connectivity index (χ1) is 8.61. The molecule has 96 valence electrons. The van der Waals surface area contributed by atoms with Crippen LogP contribution in [0.1, 0.15) is 16.7 Å². The molecule has 0 aliphatic rings.